The maximum Gasteiger partial charge on any atom is 0.408 e. The predicted molar refractivity (Wildman–Crippen MR) is 138 cm³/mol. The van der Waals surface area contributed by atoms with E-state index in [1.807, 2.05) is 24.3 Å². The number of carbonyl (C=O) groups excluding carboxylic acids is 2. The Bertz CT molecular complexity index is 1380. The maximum atomic E-state index is 13.4. The van der Waals surface area contributed by atoms with Crippen LogP contribution >= 0.6 is 0 Å². The van der Waals surface area contributed by atoms with Crippen molar-refractivity contribution in [3.8, 4) is 11.1 Å². The number of methoxy groups -OCH3 is 1. The lowest BCUT2D eigenvalue weighted by Crippen LogP contribution is -2.58. The van der Waals surface area contributed by atoms with Gasteiger partial charge < -0.3 is 14.8 Å². The van der Waals surface area contributed by atoms with Gasteiger partial charge in [0.05, 0.1) is 7.11 Å². The normalized spacial score (nSPS) is 14.5. The molecule has 0 saturated heterocycles. The van der Waals surface area contributed by atoms with Gasteiger partial charge in [-0.25, -0.2) is 9.59 Å². The van der Waals surface area contributed by atoms with Gasteiger partial charge in [-0.1, -0.05) is 72.8 Å². The van der Waals surface area contributed by atoms with E-state index < -0.39 is 23.2 Å². The van der Waals surface area contributed by atoms with Crippen LogP contribution in [-0.2, 0) is 27.1 Å². The fraction of sp³-hybridized carbons (Fsp3) is 0.267. The van der Waals surface area contributed by atoms with E-state index >= 15 is 0 Å². The lowest BCUT2D eigenvalue weighted by molar-refractivity contribution is -0.148. The second-order valence-electron chi connectivity index (χ2n) is 10.2. The van der Waals surface area contributed by atoms with Crippen LogP contribution in [-0.4, -0.2) is 30.3 Å². The minimum absolute atomic E-state index is 0.280. The SMILES string of the molecule is COC(=O)C1(NC(=O)OC(C)(C)C)Cc2ccc3ccccc3c2-c2c(ccc3ccccc23)C1. The number of hydrogen-bond donors (Lipinski definition) is 1. The number of benzene rings is 4. The number of rotatable bonds is 2. The van der Waals surface area contributed by atoms with Gasteiger partial charge in [-0.05, 0) is 64.6 Å². The third-order valence-corrected chi connectivity index (χ3v) is 6.58. The van der Waals surface area contributed by atoms with E-state index in [9.17, 15) is 9.59 Å². The van der Waals surface area contributed by atoms with E-state index in [4.69, 9.17) is 9.47 Å². The van der Waals surface area contributed by atoms with Crippen LogP contribution in [0.1, 0.15) is 31.9 Å². The topological polar surface area (TPSA) is 64.6 Å². The van der Waals surface area contributed by atoms with Gasteiger partial charge in [0.25, 0.3) is 0 Å². The lowest BCUT2D eigenvalue weighted by Gasteiger charge is -2.32. The molecule has 0 fully saturated rings. The van der Waals surface area contributed by atoms with Crippen molar-refractivity contribution in [2.45, 2.75) is 44.8 Å². The van der Waals surface area contributed by atoms with Crippen LogP contribution in [0, 0.1) is 0 Å². The highest BCUT2D eigenvalue weighted by atomic mass is 16.6. The second-order valence-corrected chi connectivity index (χ2v) is 10.2. The fourth-order valence-electron chi connectivity index (χ4n) is 5.21. The molecule has 0 atom stereocenters. The third-order valence-electron chi connectivity index (χ3n) is 6.58. The first-order valence-electron chi connectivity index (χ1n) is 11.8. The second kappa shape index (κ2) is 8.42. The molecule has 4 aromatic carbocycles. The highest BCUT2D eigenvalue weighted by Crippen LogP contribution is 2.44. The molecule has 0 saturated carbocycles. The Hall–Kier alpha value is -3.86. The van der Waals surface area contributed by atoms with Gasteiger partial charge in [0.2, 0.25) is 0 Å². The maximum absolute atomic E-state index is 13.4. The molecule has 0 bridgehead atoms. The zero-order valence-electron chi connectivity index (χ0n) is 20.5. The molecule has 35 heavy (non-hydrogen) atoms. The first-order chi connectivity index (χ1) is 16.7. The van der Waals surface area contributed by atoms with Crippen molar-refractivity contribution in [1.82, 2.24) is 5.32 Å². The monoisotopic (exact) mass is 467 g/mol. The molecule has 0 spiro atoms. The van der Waals surface area contributed by atoms with Gasteiger partial charge >= 0.3 is 12.1 Å². The van der Waals surface area contributed by atoms with Crippen molar-refractivity contribution < 1.29 is 19.1 Å². The number of nitrogens with one attached hydrogen (secondary N) is 1. The van der Waals surface area contributed by atoms with E-state index in [2.05, 4.69) is 53.8 Å². The van der Waals surface area contributed by atoms with Crippen LogP contribution in [0.2, 0.25) is 0 Å². The molecule has 0 heterocycles. The summed E-state index contributed by atoms with van der Waals surface area (Å²) >= 11 is 0. The van der Waals surface area contributed by atoms with Gasteiger partial charge in [-0.2, -0.15) is 0 Å². The van der Waals surface area contributed by atoms with E-state index in [0.717, 1.165) is 43.8 Å². The molecule has 1 amide bonds. The summed E-state index contributed by atoms with van der Waals surface area (Å²) in [6.45, 7) is 5.40. The van der Waals surface area contributed by atoms with E-state index in [-0.39, 0.29) is 12.8 Å². The zero-order chi connectivity index (χ0) is 24.8. The van der Waals surface area contributed by atoms with Crippen molar-refractivity contribution >= 4 is 33.6 Å². The van der Waals surface area contributed by atoms with Crippen LogP contribution in [0.25, 0.3) is 32.7 Å². The average Bonchev–Trinajstić information content (AvgIpc) is 2.97. The van der Waals surface area contributed by atoms with Gasteiger partial charge in [0, 0.05) is 12.8 Å². The molecule has 0 aromatic heterocycles. The average molecular weight is 468 g/mol. The molecule has 0 unspecified atom stereocenters. The summed E-state index contributed by atoms with van der Waals surface area (Å²) in [4.78, 5) is 26.4. The molecule has 5 rings (SSSR count). The largest absolute Gasteiger partial charge is 0.467 e. The van der Waals surface area contributed by atoms with E-state index in [1.165, 1.54) is 7.11 Å². The Labute approximate surface area is 205 Å². The van der Waals surface area contributed by atoms with Crippen molar-refractivity contribution in [3.63, 3.8) is 0 Å². The standard InChI is InChI=1S/C30H29NO4/c1-29(2,3)35-28(33)31-30(27(32)34-4)17-21-15-13-19-9-5-7-11-23(19)25(21)26-22(18-30)16-14-20-10-6-8-12-24(20)26/h5-16H,17-18H2,1-4H3,(H,31,33). The first kappa shape index (κ1) is 22.9. The quantitative estimate of drug-likeness (QED) is 0.357. The molecule has 178 valence electrons. The number of fused-ring (bicyclic) bond motifs is 7. The van der Waals surface area contributed by atoms with Crippen molar-refractivity contribution in [3.05, 3.63) is 83.9 Å². The highest BCUT2D eigenvalue weighted by molar-refractivity contribution is 6.08. The van der Waals surface area contributed by atoms with Crippen LogP contribution in [0.15, 0.2) is 72.8 Å². The first-order valence-corrected chi connectivity index (χ1v) is 11.8. The summed E-state index contributed by atoms with van der Waals surface area (Å²) in [6.07, 6.45) is -0.0843. The number of hydrogen-bond acceptors (Lipinski definition) is 4. The van der Waals surface area contributed by atoms with Gasteiger partial charge in [-0.3, -0.25) is 0 Å². The number of ether oxygens (including phenoxy) is 2. The van der Waals surface area contributed by atoms with Gasteiger partial charge in [0.1, 0.15) is 11.1 Å². The van der Waals surface area contributed by atoms with Crippen LogP contribution in [0.4, 0.5) is 4.79 Å². The Morgan fingerprint density at radius 1 is 0.771 bits per heavy atom. The molecule has 1 N–H and O–H groups in total. The molecule has 5 nitrogen and oxygen atoms in total. The van der Waals surface area contributed by atoms with Crippen LogP contribution in [0.3, 0.4) is 0 Å². The summed E-state index contributed by atoms with van der Waals surface area (Å²) in [7, 11) is 1.36. The Balaban J connectivity index is 1.80. The molecular weight excluding hydrogens is 438 g/mol. The fourth-order valence-corrected chi connectivity index (χ4v) is 5.21. The molecule has 4 aromatic rings. The number of alkyl carbamates (subject to hydrolysis) is 1. The smallest absolute Gasteiger partial charge is 0.408 e. The summed E-state index contributed by atoms with van der Waals surface area (Å²) in [6, 6.07) is 24.8. The summed E-state index contributed by atoms with van der Waals surface area (Å²) in [5.41, 5.74) is 2.11. The Morgan fingerprint density at radius 2 is 1.26 bits per heavy atom. The van der Waals surface area contributed by atoms with Crippen LogP contribution in [0.5, 0.6) is 0 Å². The molecule has 1 aliphatic rings. The zero-order valence-corrected chi connectivity index (χ0v) is 20.5. The van der Waals surface area contributed by atoms with Crippen molar-refractivity contribution in [1.29, 1.82) is 0 Å². The Morgan fingerprint density at radius 3 is 1.71 bits per heavy atom. The molecular formula is C30H29NO4. The summed E-state index contributed by atoms with van der Waals surface area (Å²) in [5, 5.41) is 7.39. The van der Waals surface area contributed by atoms with Crippen LogP contribution < -0.4 is 5.32 Å². The van der Waals surface area contributed by atoms with Crippen molar-refractivity contribution in [2.75, 3.05) is 7.11 Å². The molecule has 5 heteroatoms. The predicted octanol–water partition coefficient (Wildman–Crippen LogP) is 6.20. The Kier molecular flexibility index (Phi) is 5.51. The minimum atomic E-state index is -1.32. The summed E-state index contributed by atoms with van der Waals surface area (Å²) in [5.74, 6) is -0.497. The van der Waals surface area contributed by atoms with Gasteiger partial charge in [0.15, 0.2) is 0 Å². The molecule has 0 radical (unpaired) electrons. The molecule has 0 aliphatic heterocycles. The lowest BCUT2D eigenvalue weighted by atomic mass is 9.86. The number of carbonyl (C=O) groups is 2. The van der Waals surface area contributed by atoms with E-state index in [1.54, 1.807) is 20.8 Å². The van der Waals surface area contributed by atoms with E-state index in [0.29, 0.717) is 0 Å². The summed E-state index contributed by atoms with van der Waals surface area (Å²) < 4.78 is 10.8. The number of amides is 1. The minimum Gasteiger partial charge on any atom is -0.467 e. The molecule has 1 aliphatic carbocycles. The van der Waals surface area contributed by atoms with Crippen molar-refractivity contribution in [2.24, 2.45) is 0 Å². The third kappa shape index (κ3) is 4.12. The highest BCUT2D eigenvalue weighted by Gasteiger charge is 2.45. The number of esters is 1. The van der Waals surface area contributed by atoms with Gasteiger partial charge in [-0.15, -0.1) is 0 Å².